The zero-order chi connectivity index (χ0) is 23.7. The summed E-state index contributed by atoms with van der Waals surface area (Å²) < 4.78 is 0. The second kappa shape index (κ2) is 12.5. The highest BCUT2D eigenvalue weighted by Gasteiger charge is 2.35. The molecule has 1 N–H and O–H groups in total. The molecule has 33 heavy (non-hydrogen) atoms. The monoisotopic (exact) mass is 451 g/mol. The minimum absolute atomic E-state index is 0.0780. The van der Waals surface area contributed by atoms with Crippen molar-refractivity contribution in [3.8, 4) is 0 Å². The fraction of sp³-hybridized carbons (Fsp3) is 0.621. The Morgan fingerprint density at radius 2 is 1.73 bits per heavy atom. The molecule has 1 aliphatic heterocycles. The molecule has 1 saturated heterocycles. The molecule has 1 aliphatic rings. The number of amides is 1. The van der Waals surface area contributed by atoms with E-state index < -0.39 is 0 Å². The fourth-order valence-electron chi connectivity index (χ4n) is 5.60. The third-order valence-corrected chi connectivity index (χ3v) is 7.40. The second-order valence-electron chi connectivity index (χ2n) is 10.3. The van der Waals surface area contributed by atoms with Gasteiger partial charge in [0.1, 0.15) is 0 Å². The second-order valence-corrected chi connectivity index (χ2v) is 10.3. The first kappa shape index (κ1) is 25.7. The van der Waals surface area contributed by atoms with Gasteiger partial charge in [-0.1, -0.05) is 76.6 Å². The highest BCUT2D eigenvalue weighted by molar-refractivity contribution is 5.87. The third-order valence-electron chi connectivity index (χ3n) is 7.40. The van der Waals surface area contributed by atoms with Gasteiger partial charge in [-0.15, -0.1) is 0 Å². The topological polar surface area (TPSA) is 35.6 Å². The van der Waals surface area contributed by atoms with E-state index in [0.29, 0.717) is 19.0 Å². The summed E-state index contributed by atoms with van der Waals surface area (Å²) in [5.74, 6) is 0.690. The molecule has 1 heterocycles. The van der Waals surface area contributed by atoms with Gasteiger partial charge in [0.05, 0.1) is 6.54 Å². The van der Waals surface area contributed by atoms with Gasteiger partial charge in [-0.05, 0) is 80.7 Å². The van der Waals surface area contributed by atoms with Crippen LogP contribution in [0.2, 0.25) is 0 Å². The summed E-state index contributed by atoms with van der Waals surface area (Å²) >= 11 is 0. The Kier molecular flexibility index (Phi) is 9.76. The highest BCUT2D eigenvalue weighted by atomic mass is 16.2. The summed E-state index contributed by atoms with van der Waals surface area (Å²) in [5.41, 5.74) is 1.32. The van der Waals surface area contributed by atoms with Gasteiger partial charge in [0.2, 0.25) is 5.91 Å². The number of likely N-dealkylation sites (N-methyl/N-ethyl adjacent to an activating group) is 1. The van der Waals surface area contributed by atoms with Gasteiger partial charge in [0.15, 0.2) is 0 Å². The van der Waals surface area contributed by atoms with Gasteiger partial charge < -0.3 is 10.2 Å². The molecule has 2 aromatic rings. The van der Waals surface area contributed by atoms with Gasteiger partial charge in [-0.25, -0.2) is 0 Å². The first-order chi connectivity index (χ1) is 16.0. The summed E-state index contributed by atoms with van der Waals surface area (Å²) in [7, 11) is 0. The number of nitrogens with one attached hydrogen (secondary N) is 1. The predicted molar refractivity (Wildman–Crippen MR) is 141 cm³/mol. The Bertz CT molecular complexity index is 865. The number of benzene rings is 2. The lowest BCUT2D eigenvalue weighted by Crippen LogP contribution is -2.47. The lowest BCUT2D eigenvalue weighted by molar-refractivity contribution is -0.122. The Labute approximate surface area is 201 Å². The van der Waals surface area contributed by atoms with E-state index in [-0.39, 0.29) is 11.3 Å². The van der Waals surface area contributed by atoms with Crippen molar-refractivity contribution in [3.63, 3.8) is 0 Å². The Balaban J connectivity index is 1.93. The van der Waals surface area contributed by atoms with Crippen LogP contribution < -0.4 is 5.32 Å². The van der Waals surface area contributed by atoms with Crippen molar-refractivity contribution in [1.82, 2.24) is 15.1 Å². The number of hydrogen-bond acceptors (Lipinski definition) is 3. The molecule has 0 spiro atoms. The SMILES string of the molecule is CCN(CC)CC(=O)NCC(CCN1CCCCC1)(CC(C)C)c1cccc2ccccc12. The normalized spacial score (nSPS) is 16.9. The molecule has 0 aliphatic carbocycles. The molecule has 1 atom stereocenters. The van der Waals surface area contributed by atoms with E-state index in [9.17, 15) is 4.79 Å². The highest BCUT2D eigenvalue weighted by Crippen LogP contribution is 2.39. The van der Waals surface area contributed by atoms with Crippen LogP contribution in [-0.4, -0.2) is 61.5 Å². The van der Waals surface area contributed by atoms with Crippen LogP contribution >= 0.6 is 0 Å². The zero-order valence-electron chi connectivity index (χ0n) is 21.4. The van der Waals surface area contributed by atoms with Crippen LogP contribution in [0, 0.1) is 5.92 Å². The molecule has 2 aromatic carbocycles. The molecule has 1 unspecified atom stereocenters. The minimum atomic E-state index is -0.0780. The lowest BCUT2D eigenvalue weighted by atomic mass is 9.70. The molecule has 0 aromatic heterocycles. The summed E-state index contributed by atoms with van der Waals surface area (Å²) in [6.07, 6.45) is 6.13. The van der Waals surface area contributed by atoms with E-state index in [1.165, 1.54) is 48.7 Å². The van der Waals surface area contributed by atoms with E-state index in [1.807, 2.05) is 0 Å². The number of carbonyl (C=O) groups is 1. The van der Waals surface area contributed by atoms with Crippen molar-refractivity contribution in [1.29, 1.82) is 0 Å². The lowest BCUT2D eigenvalue weighted by Gasteiger charge is -2.39. The number of likely N-dealkylation sites (tertiary alicyclic amines) is 1. The minimum Gasteiger partial charge on any atom is -0.354 e. The Morgan fingerprint density at radius 3 is 2.42 bits per heavy atom. The quantitative estimate of drug-likeness (QED) is 0.466. The van der Waals surface area contributed by atoms with E-state index >= 15 is 0 Å². The average Bonchev–Trinajstić information content (AvgIpc) is 2.84. The van der Waals surface area contributed by atoms with E-state index in [0.717, 1.165) is 32.5 Å². The smallest absolute Gasteiger partial charge is 0.234 e. The van der Waals surface area contributed by atoms with Crippen LogP contribution in [0.3, 0.4) is 0 Å². The number of rotatable bonds is 12. The molecule has 4 nitrogen and oxygen atoms in total. The molecule has 1 amide bonds. The molecule has 3 rings (SSSR count). The van der Waals surface area contributed by atoms with Crippen LogP contribution in [0.4, 0.5) is 0 Å². The first-order valence-corrected chi connectivity index (χ1v) is 13.2. The average molecular weight is 452 g/mol. The summed E-state index contributed by atoms with van der Waals surface area (Å²) in [5, 5.41) is 6.00. The fourth-order valence-corrected chi connectivity index (χ4v) is 5.60. The number of hydrogen-bond donors (Lipinski definition) is 1. The Morgan fingerprint density at radius 1 is 1.03 bits per heavy atom. The first-order valence-electron chi connectivity index (χ1n) is 13.2. The molecule has 0 radical (unpaired) electrons. The molecule has 0 saturated carbocycles. The number of fused-ring (bicyclic) bond motifs is 1. The van der Waals surface area contributed by atoms with Crippen molar-refractivity contribution in [2.24, 2.45) is 5.92 Å². The van der Waals surface area contributed by atoms with Crippen molar-refractivity contribution < 1.29 is 4.79 Å². The predicted octanol–water partition coefficient (Wildman–Crippen LogP) is 5.46. The maximum absolute atomic E-state index is 12.9. The largest absolute Gasteiger partial charge is 0.354 e. The molecular formula is C29H45N3O. The maximum atomic E-state index is 12.9. The van der Waals surface area contributed by atoms with Crippen molar-refractivity contribution >= 4 is 16.7 Å². The summed E-state index contributed by atoms with van der Waals surface area (Å²) in [6.45, 7) is 15.4. The maximum Gasteiger partial charge on any atom is 0.234 e. The van der Waals surface area contributed by atoms with Crippen molar-refractivity contribution in [3.05, 3.63) is 48.0 Å². The van der Waals surface area contributed by atoms with Crippen molar-refractivity contribution in [2.45, 2.75) is 65.2 Å². The number of carbonyl (C=O) groups excluding carboxylic acids is 1. The van der Waals surface area contributed by atoms with E-state index in [4.69, 9.17) is 0 Å². The molecule has 182 valence electrons. The van der Waals surface area contributed by atoms with Crippen molar-refractivity contribution in [2.75, 3.05) is 45.8 Å². The van der Waals surface area contributed by atoms with E-state index in [2.05, 4.69) is 85.3 Å². The van der Waals surface area contributed by atoms with Crippen LogP contribution in [0.25, 0.3) is 10.8 Å². The van der Waals surface area contributed by atoms with Gasteiger partial charge in [-0.2, -0.15) is 0 Å². The summed E-state index contributed by atoms with van der Waals surface area (Å²) in [4.78, 5) is 17.8. The van der Waals surface area contributed by atoms with Crippen LogP contribution in [0.15, 0.2) is 42.5 Å². The number of nitrogens with zero attached hydrogens (tertiary/aromatic N) is 2. The molecule has 4 heteroatoms. The van der Waals surface area contributed by atoms with Crippen LogP contribution in [0.5, 0.6) is 0 Å². The van der Waals surface area contributed by atoms with Gasteiger partial charge >= 0.3 is 0 Å². The standard InChI is InChI=1S/C29H45N3O/c1-5-31(6-2)22-28(33)30-23-29(21-24(3)4,17-20-32-18-10-7-11-19-32)27-16-12-14-25-13-8-9-15-26(25)27/h8-9,12-16,24H,5-7,10-11,17-23H2,1-4H3,(H,30,33). The van der Waals surface area contributed by atoms with Gasteiger partial charge in [0.25, 0.3) is 0 Å². The van der Waals surface area contributed by atoms with Gasteiger partial charge in [-0.3, -0.25) is 9.69 Å². The van der Waals surface area contributed by atoms with Crippen LogP contribution in [0.1, 0.15) is 65.4 Å². The summed E-state index contributed by atoms with van der Waals surface area (Å²) in [6, 6.07) is 15.5. The molecule has 1 fully saturated rings. The molecule has 0 bridgehead atoms. The number of piperidine rings is 1. The Hall–Kier alpha value is -1.91. The van der Waals surface area contributed by atoms with E-state index in [1.54, 1.807) is 0 Å². The van der Waals surface area contributed by atoms with Gasteiger partial charge in [0, 0.05) is 12.0 Å². The molecular weight excluding hydrogens is 406 g/mol. The zero-order valence-corrected chi connectivity index (χ0v) is 21.4. The van der Waals surface area contributed by atoms with Crippen LogP contribution in [-0.2, 0) is 10.2 Å². The third kappa shape index (κ3) is 7.04.